The molecule has 1 aliphatic heterocycles. The monoisotopic (exact) mass is 287 g/mol. The fourth-order valence-corrected chi connectivity index (χ4v) is 2.35. The minimum atomic E-state index is -0.0394. The first-order valence-corrected chi connectivity index (χ1v) is 6.82. The van der Waals surface area contributed by atoms with Crippen molar-refractivity contribution in [2.45, 2.75) is 18.9 Å². The third kappa shape index (κ3) is 2.86. The van der Waals surface area contributed by atoms with Crippen LogP contribution in [0.5, 0.6) is 0 Å². The first kappa shape index (κ1) is 13.5. The molecule has 2 aromatic rings. The van der Waals surface area contributed by atoms with Gasteiger partial charge in [0.2, 0.25) is 11.8 Å². The predicted molar refractivity (Wildman–Crippen MR) is 75.6 cm³/mol. The van der Waals surface area contributed by atoms with E-state index in [9.17, 15) is 4.79 Å². The summed E-state index contributed by atoms with van der Waals surface area (Å²) in [6.07, 6.45) is 2.14. The summed E-state index contributed by atoms with van der Waals surface area (Å²) in [5.41, 5.74) is 0.881. The Morgan fingerprint density at radius 3 is 2.95 bits per heavy atom. The molecule has 3 heterocycles. The Hall–Kier alpha value is -2.44. The average molecular weight is 287 g/mol. The maximum Gasteiger partial charge on any atom is 0.265 e. The van der Waals surface area contributed by atoms with Gasteiger partial charge in [0.15, 0.2) is 0 Å². The highest BCUT2D eigenvalue weighted by molar-refractivity contribution is 5.79. The largest absolute Gasteiger partial charge is 0.344 e. The lowest BCUT2D eigenvalue weighted by Crippen LogP contribution is -2.24. The number of carbonyl (C=O) groups is 1. The molecule has 7 heteroatoms. The van der Waals surface area contributed by atoms with Crippen LogP contribution in [0.1, 0.15) is 23.9 Å². The van der Waals surface area contributed by atoms with Crippen LogP contribution < -0.4 is 4.90 Å². The van der Waals surface area contributed by atoms with E-state index in [0.29, 0.717) is 31.3 Å². The lowest BCUT2D eigenvalue weighted by molar-refractivity contribution is -0.128. The van der Waals surface area contributed by atoms with Crippen molar-refractivity contribution in [3.8, 4) is 0 Å². The van der Waals surface area contributed by atoms with Crippen molar-refractivity contribution in [2.24, 2.45) is 0 Å². The average Bonchev–Trinajstić information content (AvgIpc) is 3.08. The van der Waals surface area contributed by atoms with E-state index in [1.807, 2.05) is 32.3 Å². The summed E-state index contributed by atoms with van der Waals surface area (Å²) in [4.78, 5) is 24.2. The van der Waals surface area contributed by atoms with Gasteiger partial charge in [-0.05, 0) is 17.3 Å². The number of carbonyl (C=O) groups excluding carboxylic acids is 1. The second-order valence-corrected chi connectivity index (χ2v) is 5.32. The highest BCUT2D eigenvalue weighted by atomic mass is 16.5. The summed E-state index contributed by atoms with van der Waals surface area (Å²) < 4.78 is 5.26. The van der Waals surface area contributed by atoms with E-state index in [4.69, 9.17) is 4.52 Å². The van der Waals surface area contributed by atoms with E-state index in [0.717, 1.165) is 5.69 Å². The van der Waals surface area contributed by atoms with Crippen LogP contribution in [0.3, 0.4) is 0 Å². The van der Waals surface area contributed by atoms with E-state index >= 15 is 0 Å². The first-order valence-electron chi connectivity index (χ1n) is 6.82. The van der Waals surface area contributed by atoms with Crippen LogP contribution in [0.2, 0.25) is 0 Å². The fourth-order valence-electron chi connectivity index (χ4n) is 2.35. The third-order valence-corrected chi connectivity index (χ3v) is 3.47. The topological polar surface area (TPSA) is 75.4 Å². The molecule has 0 saturated carbocycles. The van der Waals surface area contributed by atoms with Crippen LogP contribution in [0.15, 0.2) is 28.9 Å². The lowest BCUT2D eigenvalue weighted by Gasteiger charge is -2.15. The van der Waals surface area contributed by atoms with Gasteiger partial charge in [0.1, 0.15) is 0 Å². The number of nitrogens with zero attached hydrogens (tertiary/aromatic N) is 5. The maximum absolute atomic E-state index is 12.1. The van der Waals surface area contributed by atoms with E-state index in [1.165, 1.54) is 0 Å². The minimum absolute atomic E-state index is 0.0394. The predicted octanol–water partition coefficient (Wildman–Crippen LogP) is 1.05. The highest BCUT2D eigenvalue weighted by Crippen LogP contribution is 2.28. The van der Waals surface area contributed by atoms with Crippen LogP contribution in [-0.4, -0.2) is 46.6 Å². The molecule has 110 valence electrons. The highest BCUT2D eigenvalue weighted by Gasteiger charge is 2.34. The molecule has 1 amide bonds. The van der Waals surface area contributed by atoms with E-state index in [-0.39, 0.29) is 11.8 Å². The minimum Gasteiger partial charge on any atom is -0.344 e. The fraction of sp³-hybridized carbons (Fsp3) is 0.429. The standard InChI is InChI=1S/C14H17N5O2/c1-18(2)14-16-13(21-17-14)10-7-12(20)19(8-10)9-11-5-3-4-6-15-11/h3-6,10H,7-9H2,1-2H3. The first-order chi connectivity index (χ1) is 10.1. The van der Waals surface area contributed by atoms with Crippen LogP contribution >= 0.6 is 0 Å². The molecule has 1 unspecified atom stereocenters. The van der Waals surface area contributed by atoms with Crippen molar-refractivity contribution < 1.29 is 9.32 Å². The van der Waals surface area contributed by atoms with Crippen molar-refractivity contribution in [1.82, 2.24) is 20.0 Å². The van der Waals surface area contributed by atoms with Crippen LogP contribution in [0.4, 0.5) is 5.95 Å². The molecule has 0 spiro atoms. The van der Waals surface area contributed by atoms with Gasteiger partial charge in [0.25, 0.3) is 5.95 Å². The zero-order valence-electron chi connectivity index (χ0n) is 12.1. The number of pyridine rings is 1. The molecule has 0 radical (unpaired) electrons. The number of rotatable bonds is 4. The van der Waals surface area contributed by atoms with Gasteiger partial charge < -0.3 is 14.3 Å². The Labute approximate surface area is 122 Å². The summed E-state index contributed by atoms with van der Waals surface area (Å²) in [7, 11) is 3.70. The molecule has 21 heavy (non-hydrogen) atoms. The number of aromatic nitrogens is 3. The Kier molecular flexibility index (Phi) is 3.55. The molecule has 2 aromatic heterocycles. The lowest BCUT2D eigenvalue weighted by atomic mass is 10.1. The van der Waals surface area contributed by atoms with Crippen molar-refractivity contribution >= 4 is 11.9 Å². The second-order valence-electron chi connectivity index (χ2n) is 5.32. The van der Waals surface area contributed by atoms with Crippen LogP contribution in [-0.2, 0) is 11.3 Å². The smallest absolute Gasteiger partial charge is 0.265 e. The van der Waals surface area contributed by atoms with Gasteiger partial charge in [-0.15, -0.1) is 0 Å². The summed E-state index contributed by atoms with van der Waals surface area (Å²) in [5.74, 6) is 1.11. The molecule has 3 rings (SSSR count). The van der Waals surface area contributed by atoms with Crippen molar-refractivity contribution in [2.75, 3.05) is 25.5 Å². The van der Waals surface area contributed by atoms with Gasteiger partial charge in [-0.3, -0.25) is 9.78 Å². The molecule has 7 nitrogen and oxygen atoms in total. The van der Waals surface area contributed by atoms with E-state index in [2.05, 4.69) is 15.1 Å². The van der Waals surface area contributed by atoms with Gasteiger partial charge in [-0.25, -0.2) is 0 Å². The Morgan fingerprint density at radius 1 is 1.43 bits per heavy atom. The maximum atomic E-state index is 12.1. The zero-order chi connectivity index (χ0) is 14.8. The molecule has 1 aliphatic rings. The molecular weight excluding hydrogens is 270 g/mol. The molecule has 1 fully saturated rings. The summed E-state index contributed by atoms with van der Waals surface area (Å²) in [6, 6.07) is 5.69. The van der Waals surface area contributed by atoms with Crippen molar-refractivity contribution in [3.05, 3.63) is 36.0 Å². The molecular formula is C14H17N5O2. The molecule has 0 aromatic carbocycles. The summed E-state index contributed by atoms with van der Waals surface area (Å²) in [6.45, 7) is 1.11. The van der Waals surface area contributed by atoms with E-state index in [1.54, 1.807) is 16.0 Å². The summed E-state index contributed by atoms with van der Waals surface area (Å²) >= 11 is 0. The van der Waals surface area contributed by atoms with Gasteiger partial charge >= 0.3 is 0 Å². The number of hydrogen-bond donors (Lipinski definition) is 0. The van der Waals surface area contributed by atoms with Gasteiger partial charge in [0, 0.05) is 33.3 Å². The van der Waals surface area contributed by atoms with Gasteiger partial charge in [0.05, 0.1) is 18.2 Å². The summed E-state index contributed by atoms with van der Waals surface area (Å²) in [5, 5.41) is 3.89. The molecule has 0 aliphatic carbocycles. The van der Waals surface area contributed by atoms with Gasteiger partial charge in [-0.1, -0.05) is 6.07 Å². The number of amides is 1. The zero-order valence-corrected chi connectivity index (χ0v) is 12.1. The van der Waals surface area contributed by atoms with Crippen LogP contribution in [0.25, 0.3) is 0 Å². The number of likely N-dealkylation sites (tertiary alicyclic amines) is 1. The second kappa shape index (κ2) is 5.51. The Bertz CT molecular complexity index is 625. The quantitative estimate of drug-likeness (QED) is 0.836. The third-order valence-electron chi connectivity index (χ3n) is 3.47. The molecule has 0 N–H and O–H groups in total. The van der Waals surface area contributed by atoms with Crippen molar-refractivity contribution in [1.29, 1.82) is 0 Å². The molecule has 1 atom stereocenters. The Balaban J connectivity index is 1.69. The van der Waals surface area contributed by atoms with Gasteiger partial charge in [-0.2, -0.15) is 4.98 Å². The SMILES string of the molecule is CN(C)c1noc(C2CC(=O)N(Cc3ccccn3)C2)n1. The molecule has 0 bridgehead atoms. The van der Waals surface area contributed by atoms with Crippen LogP contribution in [0, 0.1) is 0 Å². The normalized spacial score (nSPS) is 18.3. The van der Waals surface area contributed by atoms with E-state index < -0.39 is 0 Å². The molecule has 1 saturated heterocycles. The number of hydrogen-bond acceptors (Lipinski definition) is 6. The Morgan fingerprint density at radius 2 is 2.29 bits per heavy atom. The number of anilines is 1. The van der Waals surface area contributed by atoms with Crippen molar-refractivity contribution in [3.63, 3.8) is 0 Å².